The maximum atomic E-state index is 13.6. The van der Waals surface area contributed by atoms with E-state index in [1.54, 1.807) is 18.9 Å². The van der Waals surface area contributed by atoms with Crippen LogP contribution in [-0.2, 0) is 14.4 Å². The fourth-order valence-electron chi connectivity index (χ4n) is 5.32. The maximum absolute atomic E-state index is 13.6. The smallest absolute Gasteiger partial charge is 0.328 e. The maximum Gasteiger partial charge on any atom is 0.328 e. The Labute approximate surface area is 198 Å². The molecule has 0 aliphatic carbocycles. The second-order valence-electron chi connectivity index (χ2n) is 9.27. The molecule has 4 unspecified atom stereocenters. The molecule has 5 amide bonds. The Morgan fingerprint density at radius 2 is 1.88 bits per heavy atom. The molecule has 0 aromatic heterocycles. The SMILES string of the molecule is CC(=O)N1CCN(C2C(C)CNC3C2C(=O)N(CC(=O)Nc2cccc(F)c2)C(=O)N3C)CC1. The lowest BCUT2D eigenvalue weighted by Gasteiger charge is -2.54. The van der Waals surface area contributed by atoms with E-state index in [2.05, 4.69) is 22.5 Å². The molecule has 0 radical (unpaired) electrons. The highest BCUT2D eigenvalue weighted by Gasteiger charge is 2.53. The normalized spacial score (nSPS) is 28.1. The molecule has 2 N–H and O–H groups in total. The lowest BCUT2D eigenvalue weighted by molar-refractivity contribution is -0.150. The first kappa shape index (κ1) is 24.1. The number of fused-ring (bicyclic) bond motifs is 1. The summed E-state index contributed by atoms with van der Waals surface area (Å²) in [7, 11) is 1.62. The van der Waals surface area contributed by atoms with Gasteiger partial charge in [-0.3, -0.25) is 29.5 Å². The fraction of sp³-hybridized carbons (Fsp3) is 0.565. The number of imide groups is 1. The number of amides is 5. The Kier molecular flexibility index (Phi) is 6.85. The van der Waals surface area contributed by atoms with E-state index in [0.717, 1.165) is 4.90 Å². The number of piperidine rings is 1. The molecule has 4 rings (SSSR count). The van der Waals surface area contributed by atoms with Crippen LogP contribution in [0.3, 0.4) is 0 Å². The molecule has 4 atom stereocenters. The third-order valence-corrected chi connectivity index (χ3v) is 7.03. The van der Waals surface area contributed by atoms with Crippen LogP contribution in [0.1, 0.15) is 13.8 Å². The highest BCUT2D eigenvalue weighted by molar-refractivity contribution is 6.04. The van der Waals surface area contributed by atoms with Gasteiger partial charge in [0.15, 0.2) is 0 Å². The number of carbonyl (C=O) groups excluding carboxylic acids is 4. The van der Waals surface area contributed by atoms with Gasteiger partial charge in [-0.05, 0) is 24.1 Å². The summed E-state index contributed by atoms with van der Waals surface area (Å²) in [6.45, 7) is 6.27. The van der Waals surface area contributed by atoms with E-state index in [1.807, 2.05) is 0 Å². The first-order valence-electron chi connectivity index (χ1n) is 11.5. The molecule has 3 aliphatic rings. The zero-order chi connectivity index (χ0) is 24.6. The van der Waals surface area contributed by atoms with Crippen LogP contribution in [0.4, 0.5) is 14.9 Å². The van der Waals surface area contributed by atoms with Gasteiger partial charge >= 0.3 is 6.03 Å². The molecule has 10 nitrogen and oxygen atoms in total. The van der Waals surface area contributed by atoms with Gasteiger partial charge in [0.25, 0.3) is 0 Å². The van der Waals surface area contributed by atoms with Crippen molar-refractivity contribution in [3.8, 4) is 0 Å². The molecule has 3 fully saturated rings. The minimum Gasteiger partial charge on any atom is -0.340 e. The lowest BCUT2D eigenvalue weighted by Crippen LogP contribution is -2.74. The molecule has 3 aliphatic heterocycles. The Morgan fingerprint density at radius 3 is 2.53 bits per heavy atom. The third kappa shape index (κ3) is 4.62. The van der Waals surface area contributed by atoms with E-state index in [0.29, 0.717) is 32.7 Å². The van der Waals surface area contributed by atoms with E-state index in [4.69, 9.17) is 0 Å². The van der Waals surface area contributed by atoms with Crippen molar-refractivity contribution in [3.05, 3.63) is 30.1 Å². The van der Waals surface area contributed by atoms with Crippen molar-refractivity contribution >= 4 is 29.4 Å². The zero-order valence-electron chi connectivity index (χ0n) is 19.7. The summed E-state index contributed by atoms with van der Waals surface area (Å²) in [4.78, 5) is 57.5. The van der Waals surface area contributed by atoms with E-state index in [-0.39, 0.29) is 23.6 Å². The summed E-state index contributed by atoms with van der Waals surface area (Å²) in [5, 5.41) is 5.87. The van der Waals surface area contributed by atoms with Crippen molar-refractivity contribution in [2.45, 2.75) is 26.1 Å². The topological polar surface area (TPSA) is 105 Å². The van der Waals surface area contributed by atoms with Crippen LogP contribution in [0.5, 0.6) is 0 Å². The number of piperazine rings is 1. The predicted molar refractivity (Wildman–Crippen MR) is 122 cm³/mol. The van der Waals surface area contributed by atoms with Crippen LogP contribution in [0, 0.1) is 17.7 Å². The number of nitrogens with one attached hydrogen (secondary N) is 2. The van der Waals surface area contributed by atoms with Gasteiger partial charge in [-0.15, -0.1) is 0 Å². The number of rotatable bonds is 4. The Morgan fingerprint density at radius 1 is 1.18 bits per heavy atom. The van der Waals surface area contributed by atoms with Crippen molar-refractivity contribution in [2.24, 2.45) is 11.8 Å². The largest absolute Gasteiger partial charge is 0.340 e. The zero-order valence-corrected chi connectivity index (χ0v) is 19.7. The lowest BCUT2D eigenvalue weighted by atomic mass is 9.79. The molecule has 0 saturated carbocycles. The molecular weight excluding hydrogens is 443 g/mol. The van der Waals surface area contributed by atoms with Crippen LogP contribution in [0.2, 0.25) is 0 Å². The summed E-state index contributed by atoms with van der Waals surface area (Å²) >= 11 is 0. The van der Waals surface area contributed by atoms with Gasteiger partial charge in [0, 0.05) is 58.4 Å². The highest BCUT2D eigenvalue weighted by Crippen LogP contribution is 2.33. The highest BCUT2D eigenvalue weighted by atomic mass is 19.1. The number of anilines is 1. The molecule has 0 spiro atoms. The first-order valence-corrected chi connectivity index (χ1v) is 11.5. The predicted octanol–water partition coefficient (Wildman–Crippen LogP) is 0.373. The quantitative estimate of drug-likeness (QED) is 0.654. The van der Waals surface area contributed by atoms with E-state index in [9.17, 15) is 23.6 Å². The molecule has 0 bridgehead atoms. The molecule has 1 aromatic carbocycles. The number of carbonyl (C=O) groups is 4. The monoisotopic (exact) mass is 474 g/mol. The summed E-state index contributed by atoms with van der Waals surface area (Å²) in [6.07, 6.45) is -0.477. The summed E-state index contributed by atoms with van der Waals surface area (Å²) in [5.41, 5.74) is 0.252. The van der Waals surface area contributed by atoms with Crippen molar-refractivity contribution in [3.63, 3.8) is 0 Å². The second-order valence-corrected chi connectivity index (χ2v) is 9.27. The molecule has 3 saturated heterocycles. The van der Waals surface area contributed by atoms with Crippen molar-refractivity contribution in [1.29, 1.82) is 0 Å². The summed E-state index contributed by atoms with van der Waals surface area (Å²) in [6, 6.07) is 4.73. The molecule has 184 valence electrons. The summed E-state index contributed by atoms with van der Waals surface area (Å²) in [5.74, 6) is -1.88. The van der Waals surface area contributed by atoms with Gasteiger partial charge in [0.1, 0.15) is 12.4 Å². The molecule has 11 heteroatoms. The average molecular weight is 475 g/mol. The minimum absolute atomic E-state index is 0.0328. The van der Waals surface area contributed by atoms with Crippen molar-refractivity contribution in [1.82, 2.24) is 24.9 Å². The minimum atomic E-state index is -0.581. The Hall–Kier alpha value is -3.05. The van der Waals surface area contributed by atoms with E-state index >= 15 is 0 Å². The molecule has 1 aromatic rings. The number of nitrogens with zero attached hydrogens (tertiary/aromatic N) is 4. The number of hydrogen-bond acceptors (Lipinski definition) is 6. The van der Waals surface area contributed by atoms with Crippen molar-refractivity contribution in [2.75, 3.05) is 51.6 Å². The second kappa shape index (κ2) is 9.67. The number of halogens is 1. The van der Waals surface area contributed by atoms with Gasteiger partial charge in [-0.2, -0.15) is 0 Å². The van der Waals surface area contributed by atoms with E-state index < -0.39 is 42.3 Å². The van der Waals surface area contributed by atoms with Gasteiger partial charge in [0.05, 0.1) is 12.1 Å². The molecule has 34 heavy (non-hydrogen) atoms. The van der Waals surface area contributed by atoms with Gasteiger partial charge < -0.3 is 15.1 Å². The average Bonchev–Trinajstić information content (AvgIpc) is 2.80. The number of hydrogen-bond donors (Lipinski definition) is 2. The fourth-order valence-corrected chi connectivity index (χ4v) is 5.32. The summed E-state index contributed by atoms with van der Waals surface area (Å²) < 4.78 is 13.5. The third-order valence-electron chi connectivity index (χ3n) is 7.03. The molecular formula is C23H31FN6O4. The number of benzene rings is 1. The standard InChI is InChI=1S/C23H31FN6O4/c1-14-12-25-21-19(20(14)29-9-7-28(8-10-29)15(2)31)22(33)30(23(34)27(21)3)13-18(32)26-17-6-4-5-16(24)11-17/h4-6,11,14,19-21,25H,7-10,12-13H2,1-3H3,(H,26,32). The van der Waals surface area contributed by atoms with E-state index in [1.165, 1.54) is 29.2 Å². The van der Waals surface area contributed by atoms with Crippen LogP contribution < -0.4 is 10.6 Å². The number of urea groups is 1. The van der Waals surface area contributed by atoms with Crippen LogP contribution in [0.15, 0.2) is 24.3 Å². The molecule has 3 heterocycles. The van der Waals surface area contributed by atoms with Crippen LogP contribution in [-0.4, -0.2) is 102 Å². The van der Waals surface area contributed by atoms with Crippen molar-refractivity contribution < 1.29 is 23.6 Å². The van der Waals surface area contributed by atoms with Gasteiger partial charge in [0.2, 0.25) is 17.7 Å². The van der Waals surface area contributed by atoms with Gasteiger partial charge in [-0.25, -0.2) is 9.18 Å². The Bertz CT molecular complexity index is 982. The Balaban J connectivity index is 1.52. The first-order chi connectivity index (χ1) is 16.2. The van der Waals surface area contributed by atoms with Crippen LogP contribution in [0.25, 0.3) is 0 Å². The van der Waals surface area contributed by atoms with Crippen LogP contribution >= 0.6 is 0 Å². The van der Waals surface area contributed by atoms with Gasteiger partial charge in [-0.1, -0.05) is 13.0 Å².